The van der Waals surface area contributed by atoms with Gasteiger partial charge in [0.05, 0.1) is 0 Å². The fourth-order valence-electron chi connectivity index (χ4n) is 3.34. The predicted octanol–water partition coefficient (Wildman–Crippen LogP) is 3.45. The molecule has 0 spiro atoms. The molecule has 4 heteroatoms. The smallest absolute Gasteiger partial charge is 0.239 e. The van der Waals surface area contributed by atoms with E-state index >= 15 is 0 Å². The molecule has 0 saturated carbocycles. The molecular weight excluding hydrogens is 320 g/mol. The van der Waals surface area contributed by atoms with Gasteiger partial charge in [-0.2, -0.15) is 0 Å². The van der Waals surface area contributed by atoms with Crippen LogP contribution in [0.3, 0.4) is 0 Å². The van der Waals surface area contributed by atoms with Crippen LogP contribution in [0.1, 0.15) is 5.56 Å². The van der Waals surface area contributed by atoms with Gasteiger partial charge in [0.1, 0.15) is 11.0 Å². The van der Waals surface area contributed by atoms with Gasteiger partial charge in [0.15, 0.2) is 0 Å². The van der Waals surface area contributed by atoms with Crippen LogP contribution in [0.25, 0.3) is 27.8 Å². The highest BCUT2D eigenvalue weighted by molar-refractivity contribution is 5.84. The molecule has 0 aliphatic rings. The van der Waals surface area contributed by atoms with Gasteiger partial charge < -0.3 is 10.2 Å². The van der Waals surface area contributed by atoms with Crippen LogP contribution in [0.4, 0.5) is 5.69 Å². The first-order valence-electron chi connectivity index (χ1n) is 8.83. The number of hydrogen-bond donors (Lipinski definition) is 1. The van der Waals surface area contributed by atoms with Gasteiger partial charge >= 0.3 is 0 Å². The third kappa shape index (κ3) is 2.89. The van der Waals surface area contributed by atoms with E-state index < -0.39 is 0 Å². The Labute approximate surface area is 153 Å². The molecule has 0 saturated heterocycles. The lowest BCUT2D eigenvalue weighted by atomic mass is 10.1. The average Bonchev–Trinajstić information content (AvgIpc) is 2.66. The van der Waals surface area contributed by atoms with Crippen LogP contribution in [0.5, 0.6) is 0 Å². The monoisotopic (exact) mass is 343 g/mol. The van der Waals surface area contributed by atoms with Crippen molar-refractivity contribution in [3.8, 4) is 5.69 Å². The van der Waals surface area contributed by atoms with Crippen LogP contribution in [-0.4, -0.2) is 26.1 Å². The highest BCUT2D eigenvalue weighted by atomic mass is 15.1. The molecule has 0 fully saturated rings. The van der Waals surface area contributed by atoms with Crippen molar-refractivity contribution in [3.63, 3.8) is 0 Å². The number of para-hydroxylation sites is 1. The maximum absolute atomic E-state index is 4.91. The predicted molar refractivity (Wildman–Crippen MR) is 108 cm³/mol. The van der Waals surface area contributed by atoms with Gasteiger partial charge in [-0.25, -0.2) is 4.98 Å². The molecular formula is C22H23N4+. The number of rotatable bonds is 4. The van der Waals surface area contributed by atoms with E-state index in [2.05, 4.69) is 89.5 Å². The quantitative estimate of drug-likeness (QED) is 0.455. The first-order chi connectivity index (χ1) is 12.7. The summed E-state index contributed by atoms with van der Waals surface area (Å²) in [5, 5.41) is 3.23. The summed E-state index contributed by atoms with van der Waals surface area (Å²) >= 11 is 0. The summed E-state index contributed by atoms with van der Waals surface area (Å²) in [5.74, 6) is 0. The Morgan fingerprint density at radius 3 is 2.27 bits per heavy atom. The Kier molecular flexibility index (Phi) is 4.27. The third-order valence-corrected chi connectivity index (χ3v) is 4.63. The van der Waals surface area contributed by atoms with Crippen LogP contribution in [-0.2, 0) is 6.54 Å². The minimum absolute atomic E-state index is 0.834. The summed E-state index contributed by atoms with van der Waals surface area (Å²) in [6, 6.07) is 23.4. The van der Waals surface area contributed by atoms with Gasteiger partial charge in [-0.1, -0.05) is 24.3 Å². The molecule has 26 heavy (non-hydrogen) atoms. The van der Waals surface area contributed by atoms with Crippen molar-refractivity contribution in [2.45, 2.75) is 6.54 Å². The van der Waals surface area contributed by atoms with Gasteiger partial charge in [0.2, 0.25) is 16.7 Å². The minimum Gasteiger partial charge on any atom is -0.377 e. The van der Waals surface area contributed by atoms with Crippen LogP contribution in [0.15, 0.2) is 66.7 Å². The minimum atomic E-state index is 0.834. The second-order valence-electron chi connectivity index (χ2n) is 6.70. The molecule has 1 heterocycles. The molecule has 1 N–H and O–H groups in total. The van der Waals surface area contributed by atoms with E-state index in [4.69, 9.17) is 4.98 Å². The van der Waals surface area contributed by atoms with Crippen LogP contribution < -0.4 is 14.8 Å². The molecule has 0 amide bonds. The number of nitrogens with zero attached hydrogens (tertiary/aromatic N) is 3. The molecule has 0 radical (unpaired) electrons. The van der Waals surface area contributed by atoms with Crippen molar-refractivity contribution < 1.29 is 4.57 Å². The molecule has 1 aromatic heterocycles. The number of benzene rings is 3. The van der Waals surface area contributed by atoms with Gasteiger partial charge in [-0.3, -0.25) is 0 Å². The Hall–Kier alpha value is -2.98. The Morgan fingerprint density at radius 1 is 0.885 bits per heavy atom. The first kappa shape index (κ1) is 16.5. The van der Waals surface area contributed by atoms with Crippen molar-refractivity contribution in [1.29, 1.82) is 0 Å². The van der Waals surface area contributed by atoms with Crippen molar-refractivity contribution in [3.05, 3.63) is 72.3 Å². The molecule has 0 bridgehead atoms. The highest BCUT2D eigenvalue weighted by Gasteiger charge is 2.20. The van der Waals surface area contributed by atoms with Crippen molar-refractivity contribution in [1.82, 2.24) is 10.3 Å². The van der Waals surface area contributed by atoms with Gasteiger partial charge in [-0.05, 0) is 30.8 Å². The lowest BCUT2D eigenvalue weighted by Gasteiger charge is -2.13. The second-order valence-corrected chi connectivity index (χ2v) is 6.70. The zero-order chi connectivity index (χ0) is 18.1. The number of aromatic nitrogens is 2. The maximum atomic E-state index is 4.91. The van der Waals surface area contributed by atoms with Gasteiger partial charge in [0, 0.05) is 50.6 Å². The zero-order valence-corrected chi connectivity index (χ0v) is 15.4. The molecule has 4 nitrogen and oxygen atoms in total. The molecule has 4 rings (SSSR count). The van der Waals surface area contributed by atoms with Gasteiger partial charge in [-0.15, -0.1) is 4.57 Å². The molecule has 0 aliphatic heterocycles. The highest BCUT2D eigenvalue weighted by Crippen LogP contribution is 2.22. The fourth-order valence-corrected chi connectivity index (χ4v) is 3.34. The molecule has 130 valence electrons. The summed E-state index contributed by atoms with van der Waals surface area (Å²) in [6.07, 6.45) is 0. The molecule has 4 aromatic rings. The van der Waals surface area contributed by atoms with Crippen LogP contribution in [0, 0.1) is 0 Å². The van der Waals surface area contributed by atoms with E-state index in [-0.39, 0.29) is 0 Å². The lowest BCUT2D eigenvalue weighted by molar-refractivity contribution is -0.538. The number of anilines is 1. The van der Waals surface area contributed by atoms with E-state index in [0.29, 0.717) is 0 Å². The van der Waals surface area contributed by atoms with E-state index in [0.717, 1.165) is 40.0 Å². The summed E-state index contributed by atoms with van der Waals surface area (Å²) < 4.78 is 2.31. The standard InChI is InChI=1S/C22H23N4/c1-23-15-16-9-11-19-21(13-16)26(17-7-5-4-6-8-17)22-14-18(25(2)3)10-12-20(22)24-19/h4-14,23H,15H2,1-3H3/q+1. The molecule has 0 aliphatic carbocycles. The van der Waals surface area contributed by atoms with E-state index in [1.165, 1.54) is 5.56 Å². The lowest BCUT2D eigenvalue weighted by Crippen LogP contribution is -2.33. The average molecular weight is 343 g/mol. The Bertz CT molecular complexity index is 1070. The summed E-state index contributed by atoms with van der Waals surface area (Å²) in [7, 11) is 6.10. The van der Waals surface area contributed by atoms with Gasteiger partial charge in [0.25, 0.3) is 0 Å². The third-order valence-electron chi connectivity index (χ3n) is 4.63. The molecule has 3 aromatic carbocycles. The maximum Gasteiger partial charge on any atom is 0.239 e. The van der Waals surface area contributed by atoms with E-state index in [1.807, 2.05) is 13.1 Å². The number of hydrogen-bond acceptors (Lipinski definition) is 3. The van der Waals surface area contributed by atoms with E-state index in [1.54, 1.807) is 0 Å². The summed E-state index contributed by atoms with van der Waals surface area (Å²) in [4.78, 5) is 7.03. The summed E-state index contributed by atoms with van der Waals surface area (Å²) in [5.41, 5.74) is 7.77. The summed E-state index contributed by atoms with van der Waals surface area (Å²) in [6.45, 7) is 0.834. The second kappa shape index (κ2) is 6.73. The van der Waals surface area contributed by atoms with Crippen molar-refractivity contribution >= 4 is 27.8 Å². The molecule has 0 unspecified atom stereocenters. The zero-order valence-electron chi connectivity index (χ0n) is 15.4. The topological polar surface area (TPSA) is 32.0 Å². The normalized spacial score (nSPS) is 11.2. The number of fused-ring (bicyclic) bond motifs is 2. The van der Waals surface area contributed by atoms with Crippen molar-refractivity contribution in [2.75, 3.05) is 26.0 Å². The fraction of sp³-hybridized carbons (Fsp3) is 0.182. The Morgan fingerprint density at radius 2 is 1.58 bits per heavy atom. The van der Waals surface area contributed by atoms with Crippen molar-refractivity contribution in [2.24, 2.45) is 0 Å². The first-order valence-corrected chi connectivity index (χ1v) is 8.83. The SMILES string of the molecule is CNCc1ccc2nc3ccc(N(C)C)cc3[n+](-c3ccccc3)c2c1. The van der Waals surface area contributed by atoms with Crippen LogP contribution >= 0.6 is 0 Å². The Balaban J connectivity index is 2.12. The molecule has 0 atom stereocenters. The largest absolute Gasteiger partial charge is 0.377 e. The number of nitrogens with one attached hydrogen (secondary N) is 1. The van der Waals surface area contributed by atoms with Crippen LogP contribution in [0.2, 0.25) is 0 Å². The van der Waals surface area contributed by atoms with E-state index in [9.17, 15) is 0 Å².